The molecule has 196 valence electrons. The summed E-state index contributed by atoms with van der Waals surface area (Å²) < 4.78 is 0. The number of carbonyl (C=O) groups excluding carboxylic acids is 3. The van der Waals surface area contributed by atoms with Crippen molar-refractivity contribution >= 4 is 46.8 Å². The van der Waals surface area contributed by atoms with Gasteiger partial charge in [0.25, 0.3) is 11.8 Å². The molecule has 3 aromatic rings. The topological polar surface area (TPSA) is 69.7 Å². The summed E-state index contributed by atoms with van der Waals surface area (Å²) in [4.78, 5) is 42.7. The lowest BCUT2D eigenvalue weighted by Crippen LogP contribution is -2.32. The highest BCUT2D eigenvalue weighted by Gasteiger charge is 2.33. The Bertz CT molecular complexity index is 1310. The molecule has 0 spiro atoms. The van der Waals surface area contributed by atoms with Gasteiger partial charge in [-0.1, -0.05) is 60.8 Å². The van der Waals surface area contributed by atoms with Crippen LogP contribution in [0, 0.1) is 0 Å². The van der Waals surface area contributed by atoms with Crippen molar-refractivity contribution in [1.82, 2.24) is 9.80 Å². The van der Waals surface area contributed by atoms with E-state index in [1.165, 1.54) is 0 Å². The number of nitrogens with one attached hydrogen (secondary N) is 1. The number of anilines is 1. The Morgan fingerprint density at radius 3 is 2.29 bits per heavy atom. The molecular formula is C30H30ClN3O3S. The van der Waals surface area contributed by atoms with E-state index in [0.717, 1.165) is 49.9 Å². The van der Waals surface area contributed by atoms with E-state index in [4.69, 9.17) is 11.6 Å². The van der Waals surface area contributed by atoms with Crippen LogP contribution in [0.15, 0.2) is 72.8 Å². The molecule has 5 rings (SSSR count). The van der Waals surface area contributed by atoms with Gasteiger partial charge in [-0.2, -0.15) is 0 Å². The predicted molar refractivity (Wildman–Crippen MR) is 152 cm³/mol. The number of rotatable bonds is 6. The van der Waals surface area contributed by atoms with E-state index in [-0.39, 0.29) is 23.1 Å². The van der Waals surface area contributed by atoms with E-state index in [9.17, 15) is 14.4 Å². The molecule has 3 amide bonds. The summed E-state index contributed by atoms with van der Waals surface area (Å²) in [7, 11) is 0. The van der Waals surface area contributed by atoms with Crippen LogP contribution in [0.4, 0.5) is 5.69 Å². The van der Waals surface area contributed by atoms with Gasteiger partial charge >= 0.3 is 0 Å². The van der Waals surface area contributed by atoms with Crippen LogP contribution in [0.2, 0.25) is 5.02 Å². The van der Waals surface area contributed by atoms with E-state index in [2.05, 4.69) is 5.32 Å². The Balaban J connectivity index is 1.28. The minimum Gasteiger partial charge on any atom is -0.339 e. The largest absolute Gasteiger partial charge is 0.339 e. The molecule has 1 N–H and O–H groups in total. The highest BCUT2D eigenvalue weighted by Crippen LogP contribution is 2.39. The zero-order chi connectivity index (χ0) is 26.5. The molecular weight excluding hydrogens is 518 g/mol. The fourth-order valence-corrected chi connectivity index (χ4v) is 6.22. The van der Waals surface area contributed by atoms with Gasteiger partial charge in [0.1, 0.15) is 5.37 Å². The van der Waals surface area contributed by atoms with Gasteiger partial charge in [0, 0.05) is 30.2 Å². The second kappa shape index (κ2) is 12.0. The number of halogens is 1. The van der Waals surface area contributed by atoms with Crippen molar-refractivity contribution < 1.29 is 14.4 Å². The molecule has 0 radical (unpaired) electrons. The van der Waals surface area contributed by atoms with Crippen molar-refractivity contribution in [3.8, 4) is 0 Å². The standard InChI is InChI=1S/C30H30ClN3O3S/c31-24-15-9-21(10-16-24)19-34-27(35)20-38-30(34)23-13-11-22(12-14-23)28(36)32-26-8-4-3-7-25(26)29(37)33-17-5-1-2-6-18-33/h3-4,7-16,30H,1-2,5-6,17-20H2,(H,32,36)/t30-/m0/s1. The zero-order valence-corrected chi connectivity index (χ0v) is 22.6. The first-order valence-electron chi connectivity index (χ1n) is 12.9. The second-order valence-corrected chi connectivity index (χ2v) is 11.1. The summed E-state index contributed by atoms with van der Waals surface area (Å²) in [6.07, 6.45) is 4.30. The normalized spacial score (nSPS) is 17.8. The quantitative estimate of drug-likeness (QED) is 0.388. The van der Waals surface area contributed by atoms with Gasteiger partial charge in [-0.3, -0.25) is 14.4 Å². The summed E-state index contributed by atoms with van der Waals surface area (Å²) >= 11 is 7.58. The van der Waals surface area contributed by atoms with E-state index in [0.29, 0.717) is 34.1 Å². The smallest absolute Gasteiger partial charge is 0.255 e. The maximum absolute atomic E-state index is 13.2. The van der Waals surface area contributed by atoms with Gasteiger partial charge in [0.2, 0.25) is 5.91 Å². The molecule has 0 aliphatic carbocycles. The van der Waals surface area contributed by atoms with Gasteiger partial charge in [0.15, 0.2) is 0 Å². The number of benzene rings is 3. The van der Waals surface area contributed by atoms with E-state index >= 15 is 0 Å². The summed E-state index contributed by atoms with van der Waals surface area (Å²) in [5.41, 5.74) is 3.49. The van der Waals surface area contributed by atoms with Gasteiger partial charge in [0.05, 0.1) is 17.0 Å². The third-order valence-corrected chi connectivity index (χ3v) is 8.50. The molecule has 6 nitrogen and oxygen atoms in total. The van der Waals surface area contributed by atoms with Crippen LogP contribution in [0.25, 0.3) is 0 Å². The molecule has 2 aliphatic heterocycles. The van der Waals surface area contributed by atoms with Crippen molar-refractivity contribution in [2.75, 3.05) is 24.2 Å². The van der Waals surface area contributed by atoms with Crippen LogP contribution < -0.4 is 5.32 Å². The molecule has 1 atom stereocenters. The molecule has 2 heterocycles. The average Bonchev–Trinajstić information content (AvgIpc) is 3.12. The number of hydrogen-bond donors (Lipinski definition) is 1. The lowest BCUT2D eigenvalue weighted by molar-refractivity contribution is -0.128. The third-order valence-electron chi connectivity index (χ3n) is 6.99. The summed E-state index contributed by atoms with van der Waals surface area (Å²) in [5, 5.41) is 3.48. The van der Waals surface area contributed by atoms with Gasteiger partial charge in [-0.25, -0.2) is 0 Å². The van der Waals surface area contributed by atoms with E-state index in [1.54, 1.807) is 36.0 Å². The van der Waals surface area contributed by atoms with Crippen LogP contribution >= 0.6 is 23.4 Å². The van der Waals surface area contributed by atoms with Crippen molar-refractivity contribution in [3.63, 3.8) is 0 Å². The van der Waals surface area contributed by atoms with Crippen LogP contribution in [-0.2, 0) is 11.3 Å². The van der Waals surface area contributed by atoms with Crippen LogP contribution in [0.3, 0.4) is 0 Å². The number of para-hydroxylation sites is 1. The number of amides is 3. The number of thioether (sulfide) groups is 1. The third kappa shape index (κ3) is 6.05. The van der Waals surface area contributed by atoms with Crippen LogP contribution in [0.5, 0.6) is 0 Å². The maximum atomic E-state index is 13.2. The fourth-order valence-electron chi connectivity index (χ4n) is 4.90. The molecule has 2 aliphatic rings. The molecule has 0 aromatic heterocycles. The molecule has 8 heteroatoms. The first kappa shape index (κ1) is 26.3. The molecule has 3 aromatic carbocycles. The number of carbonyl (C=O) groups is 3. The molecule has 2 fully saturated rings. The fraction of sp³-hybridized carbons (Fsp3) is 0.300. The average molecular weight is 548 g/mol. The zero-order valence-electron chi connectivity index (χ0n) is 21.1. The number of hydrogen-bond acceptors (Lipinski definition) is 4. The maximum Gasteiger partial charge on any atom is 0.255 e. The Labute approximate surface area is 232 Å². The molecule has 38 heavy (non-hydrogen) atoms. The van der Waals surface area contributed by atoms with Gasteiger partial charge in [-0.05, 0) is 60.4 Å². The minimum atomic E-state index is -0.277. The van der Waals surface area contributed by atoms with Crippen molar-refractivity contribution in [3.05, 3.63) is 100 Å². The first-order valence-corrected chi connectivity index (χ1v) is 14.4. The Morgan fingerprint density at radius 2 is 1.58 bits per heavy atom. The summed E-state index contributed by atoms with van der Waals surface area (Å²) in [5.74, 6) is 0.188. The Hall–Kier alpha value is -3.29. The lowest BCUT2D eigenvalue weighted by Gasteiger charge is -2.24. The van der Waals surface area contributed by atoms with E-state index < -0.39 is 0 Å². The first-order chi connectivity index (χ1) is 18.5. The van der Waals surface area contributed by atoms with Crippen molar-refractivity contribution in [2.45, 2.75) is 37.6 Å². The monoisotopic (exact) mass is 547 g/mol. The van der Waals surface area contributed by atoms with Crippen LogP contribution in [-0.4, -0.2) is 46.4 Å². The summed E-state index contributed by atoms with van der Waals surface area (Å²) in [6, 6.07) is 22.0. The van der Waals surface area contributed by atoms with E-state index in [1.807, 2.05) is 58.3 Å². The highest BCUT2D eigenvalue weighted by molar-refractivity contribution is 8.00. The number of likely N-dealkylation sites (tertiary alicyclic amines) is 1. The number of nitrogens with zero attached hydrogens (tertiary/aromatic N) is 2. The minimum absolute atomic E-state index is 0.0400. The molecule has 2 saturated heterocycles. The lowest BCUT2D eigenvalue weighted by atomic mass is 10.1. The molecule has 0 unspecified atom stereocenters. The van der Waals surface area contributed by atoms with Crippen molar-refractivity contribution in [1.29, 1.82) is 0 Å². The second-order valence-electron chi connectivity index (χ2n) is 9.64. The SMILES string of the molecule is O=C(Nc1ccccc1C(=O)N1CCCCCC1)c1ccc([C@@H]2SCC(=O)N2Cc2ccc(Cl)cc2)cc1. The van der Waals surface area contributed by atoms with Gasteiger partial charge < -0.3 is 15.1 Å². The van der Waals surface area contributed by atoms with Crippen LogP contribution in [0.1, 0.15) is 62.9 Å². The molecule has 0 bridgehead atoms. The Kier molecular flexibility index (Phi) is 8.35. The Morgan fingerprint density at radius 1 is 0.895 bits per heavy atom. The van der Waals surface area contributed by atoms with Gasteiger partial charge in [-0.15, -0.1) is 11.8 Å². The predicted octanol–water partition coefficient (Wildman–Crippen LogP) is 6.38. The van der Waals surface area contributed by atoms with Crippen molar-refractivity contribution in [2.24, 2.45) is 0 Å². The molecule has 0 saturated carbocycles. The summed E-state index contributed by atoms with van der Waals surface area (Å²) in [6.45, 7) is 2.00. The highest BCUT2D eigenvalue weighted by atomic mass is 35.5.